The SMILES string of the molecule is O=C(NC(CCO[C@H]1C[C@@H](CCc2ccc3c(n2)NCCC3)C1)C(=O)O)c1ccc(F)cc1. The van der Waals surface area contributed by atoms with Gasteiger partial charge in [0.05, 0.1) is 6.10 Å². The van der Waals surface area contributed by atoms with Crippen molar-refractivity contribution >= 4 is 17.7 Å². The molecule has 1 amide bonds. The number of fused-ring (bicyclic) bond motifs is 1. The lowest BCUT2D eigenvalue weighted by molar-refractivity contribution is -0.140. The predicted molar refractivity (Wildman–Crippen MR) is 122 cm³/mol. The van der Waals surface area contributed by atoms with Gasteiger partial charge in [0.25, 0.3) is 5.91 Å². The molecule has 0 bridgehead atoms. The molecule has 1 fully saturated rings. The van der Waals surface area contributed by atoms with Crippen molar-refractivity contribution in [3.8, 4) is 0 Å². The van der Waals surface area contributed by atoms with E-state index >= 15 is 0 Å². The molecular weight excluding hydrogens is 425 g/mol. The number of aryl methyl sites for hydroxylation is 2. The molecule has 2 heterocycles. The minimum absolute atomic E-state index is 0.135. The summed E-state index contributed by atoms with van der Waals surface area (Å²) in [5.74, 6) is -0.489. The number of hydrogen-bond acceptors (Lipinski definition) is 5. The third kappa shape index (κ3) is 6.28. The summed E-state index contributed by atoms with van der Waals surface area (Å²) in [5, 5.41) is 15.3. The summed E-state index contributed by atoms with van der Waals surface area (Å²) in [6, 6.07) is 8.24. The van der Waals surface area contributed by atoms with Crippen molar-refractivity contribution < 1.29 is 23.8 Å². The average Bonchev–Trinajstić information content (AvgIpc) is 2.79. The van der Waals surface area contributed by atoms with E-state index in [-0.39, 0.29) is 24.7 Å². The topological polar surface area (TPSA) is 101 Å². The number of ether oxygens (including phenoxy) is 1. The highest BCUT2D eigenvalue weighted by Gasteiger charge is 2.30. The second-order valence-corrected chi connectivity index (χ2v) is 8.87. The van der Waals surface area contributed by atoms with Crippen molar-refractivity contribution in [2.75, 3.05) is 18.5 Å². The summed E-state index contributed by atoms with van der Waals surface area (Å²) in [6.45, 7) is 1.25. The van der Waals surface area contributed by atoms with Gasteiger partial charge in [-0.1, -0.05) is 6.07 Å². The normalized spacial score (nSPS) is 20.2. The number of anilines is 1. The number of aliphatic carboxylic acids is 1. The summed E-state index contributed by atoms with van der Waals surface area (Å²) in [5.41, 5.74) is 2.64. The number of nitrogens with one attached hydrogen (secondary N) is 2. The molecule has 4 rings (SSSR count). The van der Waals surface area contributed by atoms with Gasteiger partial charge in [0.2, 0.25) is 0 Å². The second kappa shape index (κ2) is 10.7. The maximum atomic E-state index is 13.0. The zero-order valence-electron chi connectivity index (χ0n) is 18.6. The van der Waals surface area contributed by atoms with Gasteiger partial charge in [0, 0.05) is 30.8 Å². The van der Waals surface area contributed by atoms with Gasteiger partial charge in [-0.3, -0.25) is 4.79 Å². The number of carbonyl (C=O) groups excluding carboxylic acids is 1. The molecule has 1 aliphatic heterocycles. The Morgan fingerprint density at radius 3 is 2.76 bits per heavy atom. The van der Waals surface area contributed by atoms with Gasteiger partial charge in [-0.05, 0) is 80.3 Å². The predicted octanol–water partition coefficient (Wildman–Crippen LogP) is 3.58. The fraction of sp³-hybridized carbons (Fsp3) is 0.480. The van der Waals surface area contributed by atoms with Crippen LogP contribution in [0.15, 0.2) is 36.4 Å². The molecule has 8 heteroatoms. The third-order valence-corrected chi connectivity index (χ3v) is 6.42. The van der Waals surface area contributed by atoms with Crippen LogP contribution in [-0.2, 0) is 22.4 Å². The lowest BCUT2D eigenvalue weighted by atomic mass is 9.79. The van der Waals surface area contributed by atoms with Gasteiger partial charge < -0.3 is 20.5 Å². The number of pyridine rings is 1. The van der Waals surface area contributed by atoms with E-state index in [2.05, 4.69) is 22.8 Å². The molecule has 1 saturated carbocycles. The molecule has 0 radical (unpaired) electrons. The molecule has 3 N–H and O–H groups in total. The van der Waals surface area contributed by atoms with Crippen molar-refractivity contribution in [2.24, 2.45) is 5.92 Å². The number of aromatic nitrogens is 1. The maximum absolute atomic E-state index is 13.0. The first-order valence-electron chi connectivity index (χ1n) is 11.6. The van der Waals surface area contributed by atoms with E-state index in [4.69, 9.17) is 9.72 Å². The van der Waals surface area contributed by atoms with Crippen LogP contribution in [0.1, 0.15) is 53.7 Å². The Morgan fingerprint density at radius 1 is 1.21 bits per heavy atom. The number of carboxylic acid groups (broad SMARTS) is 1. The Labute approximate surface area is 192 Å². The van der Waals surface area contributed by atoms with Crippen LogP contribution in [0.2, 0.25) is 0 Å². The molecule has 1 aromatic heterocycles. The number of amides is 1. The van der Waals surface area contributed by atoms with Crippen LogP contribution in [0.4, 0.5) is 10.2 Å². The minimum Gasteiger partial charge on any atom is -0.480 e. The zero-order chi connectivity index (χ0) is 23.2. The first kappa shape index (κ1) is 23.2. The number of halogens is 1. The third-order valence-electron chi connectivity index (χ3n) is 6.42. The van der Waals surface area contributed by atoms with E-state index in [1.165, 1.54) is 29.8 Å². The molecule has 0 spiro atoms. The van der Waals surface area contributed by atoms with Gasteiger partial charge in [-0.25, -0.2) is 14.2 Å². The number of benzene rings is 1. The van der Waals surface area contributed by atoms with Crippen LogP contribution in [0.5, 0.6) is 0 Å². The molecule has 33 heavy (non-hydrogen) atoms. The fourth-order valence-corrected chi connectivity index (χ4v) is 4.36. The summed E-state index contributed by atoms with van der Waals surface area (Å²) in [7, 11) is 0. The second-order valence-electron chi connectivity index (χ2n) is 8.87. The Bertz CT molecular complexity index is 976. The molecule has 0 saturated heterocycles. The number of hydrogen-bond donors (Lipinski definition) is 3. The van der Waals surface area contributed by atoms with Gasteiger partial charge >= 0.3 is 5.97 Å². The lowest BCUT2D eigenvalue weighted by Crippen LogP contribution is -2.42. The van der Waals surface area contributed by atoms with Crippen LogP contribution in [0.3, 0.4) is 0 Å². The van der Waals surface area contributed by atoms with E-state index in [1.54, 1.807) is 0 Å². The zero-order valence-corrected chi connectivity index (χ0v) is 18.6. The monoisotopic (exact) mass is 455 g/mol. The molecule has 176 valence electrons. The number of carboxylic acids is 1. The number of nitrogens with zero attached hydrogens (tertiary/aromatic N) is 1. The lowest BCUT2D eigenvalue weighted by Gasteiger charge is -2.35. The van der Waals surface area contributed by atoms with Gasteiger partial charge in [0.15, 0.2) is 0 Å². The Morgan fingerprint density at radius 2 is 2.00 bits per heavy atom. The summed E-state index contributed by atoms with van der Waals surface area (Å²) in [4.78, 5) is 28.4. The van der Waals surface area contributed by atoms with E-state index in [1.807, 2.05) is 0 Å². The molecule has 2 aliphatic rings. The van der Waals surface area contributed by atoms with Gasteiger partial charge in [-0.15, -0.1) is 0 Å². The summed E-state index contributed by atoms with van der Waals surface area (Å²) >= 11 is 0. The molecule has 1 aromatic carbocycles. The van der Waals surface area contributed by atoms with Gasteiger partial charge in [-0.2, -0.15) is 0 Å². The van der Waals surface area contributed by atoms with Crippen LogP contribution < -0.4 is 10.6 Å². The van der Waals surface area contributed by atoms with Gasteiger partial charge in [0.1, 0.15) is 17.7 Å². The summed E-state index contributed by atoms with van der Waals surface area (Å²) < 4.78 is 18.8. The van der Waals surface area contributed by atoms with Crippen molar-refractivity contribution in [3.05, 3.63) is 59.0 Å². The van der Waals surface area contributed by atoms with Crippen molar-refractivity contribution in [2.45, 2.75) is 57.1 Å². The standard InChI is InChI=1S/C25H30FN3O4/c26-19-7-4-18(5-8-19)24(30)29-22(25(31)32)11-13-33-21-14-16(15-21)3-9-20-10-6-17-2-1-12-27-23(17)28-20/h4-8,10,16,21-22H,1-3,9,11-15H2,(H,27,28)(H,29,30)(H,31,32)/t16-,21+,22?. The first-order valence-corrected chi connectivity index (χ1v) is 11.6. The maximum Gasteiger partial charge on any atom is 0.326 e. The van der Waals surface area contributed by atoms with Crippen LogP contribution in [0.25, 0.3) is 0 Å². The Balaban J connectivity index is 1.14. The number of rotatable bonds is 10. The fourth-order valence-electron chi connectivity index (χ4n) is 4.36. The molecule has 1 unspecified atom stereocenters. The molecule has 1 aliphatic carbocycles. The highest BCUT2D eigenvalue weighted by molar-refractivity contribution is 5.96. The Kier molecular flexibility index (Phi) is 7.54. The molecular formula is C25H30FN3O4. The molecule has 1 atom stereocenters. The smallest absolute Gasteiger partial charge is 0.326 e. The van der Waals surface area contributed by atoms with Crippen molar-refractivity contribution in [1.29, 1.82) is 0 Å². The highest BCUT2D eigenvalue weighted by Crippen LogP contribution is 2.34. The van der Waals surface area contributed by atoms with Crippen molar-refractivity contribution in [3.63, 3.8) is 0 Å². The van der Waals surface area contributed by atoms with Crippen molar-refractivity contribution in [1.82, 2.24) is 10.3 Å². The quantitative estimate of drug-likeness (QED) is 0.506. The average molecular weight is 456 g/mol. The highest BCUT2D eigenvalue weighted by atomic mass is 19.1. The molecule has 2 aromatic rings. The number of carbonyl (C=O) groups is 2. The van der Waals surface area contributed by atoms with Crippen LogP contribution in [0, 0.1) is 11.7 Å². The largest absolute Gasteiger partial charge is 0.480 e. The van der Waals surface area contributed by atoms with E-state index in [0.29, 0.717) is 5.92 Å². The van der Waals surface area contributed by atoms with E-state index < -0.39 is 23.7 Å². The van der Waals surface area contributed by atoms with Crippen LogP contribution >= 0.6 is 0 Å². The minimum atomic E-state index is -1.12. The van der Waals surface area contributed by atoms with Crippen LogP contribution in [-0.4, -0.2) is 47.3 Å². The molecule has 7 nitrogen and oxygen atoms in total. The summed E-state index contributed by atoms with van der Waals surface area (Å²) in [6.07, 6.45) is 6.50. The van der Waals surface area contributed by atoms with E-state index in [9.17, 15) is 19.1 Å². The first-order chi connectivity index (χ1) is 16.0. The van der Waals surface area contributed by atoms with E-state index in [0.717, 1.165) is 56.6 Å². The Hall–Kier alpha value is -3.00.